The highest BCUT2D eigenvalue weighted by molar-refractivity contribution is 5.46. The normalized spacial score (nSPS) is 12.2. The van der Waals surface area contributed by atoms with E-state index in [-0.39, 0.29) is 12.6 Å². The van der Waals surface area contributed by atoms with Crippen LogP contribution in [0.5, 0.6) is 0 Å². The Kier molecular flexibility index (Phi) is 4.00. The Morgan fingerprint density at radius 1 is 1.00 bits per heavy atom. The molecule has 2 heteroatoms. The monoisotopic (exact) mass is 241 g/mol. The molecule has 1 unspecified atom stereocenters. The van der Waals surface area contributed by atoms with Crippen molar-refractivity contribution in [2.75, 3.05) is 11.9 Å². The molecule has 0 saturated carbocycles. The van der Waals surface area contributed by atoms with Crippen LogP contribution in [0.4, 0.5) is 5.69 Å². The van der Waals surface area contributed by atoms with E-state index < -0.39 is 0 Å². The summed E-state index contributed by atoms with van der Waals surface area (Å²) >= 11 is 0. The molecule has 0 amide bonds. The van der Waals surface area contributed by atoms with Gasteiger partial charge in [-0.2, -0.15) is 0 Å². The van der Waals surface area contributed by atoms with Gasteiger partial charge in [-0.15, -0.1) is 0 Å². The Morgan fingerprint density at radius 2 is 1.61 bits per heavy atom. The minimum Gasteiger partial charge on any atom is -0.394 e. The molecule has 0 saturated heterocycles. The Balaban J connectivity index is 2.23. The average molecular weight is 241 g/mol. The highest BCUT2D eigenvalue weighted by Gasteiger charge is 2.10. The number of aliphatic hydroxyl groups excluding tert-OH is 1. The molecule has 0 aliphatic carbocycles. The van der Waals surface area contributed by atoms with E-state index in [1.54, 1.807) is 0 Å². The first-order valence-electron chi connectivity index (χ1n) is 6.19. The molecule has 0 spiro atoms. The van der Waals surface area contributed by atoms with E-state index in [1.165, 1.54) is 11.1 Å². The number of nitrogens with one attached hydrogen (secondary N) is 1. The quantitative estimate of drug-likeness (QED) is 0.859. The number of benzene rings is 2. The predicted octanol–water partition coefficient (Wildman–Crippen LogP) is 3.45. The van der Waals surface area contributed by atoms with Crippen LogP contribution in [0.1, 0.15) is 22.7 Å². The van der Waals surface area contributed by atoms with E-state index >= 15 is 0 Å². The highest BCUT2D eigenvalue weighted by atomic mass is 16.3. The molecule has 2 aromatic rings. The van der Waals surface area contributed by atoms with E-state index in [2.05, 4.69) is 37.4 Å². The number of anilines is 1. The summed E-state index contributed by atoms with van der Waals surface area (Å²) in [5.41, 5.74) is 4.59. The molecule has 2 N–H and O–H groups in total. The van der Waals surface area contributed by atoms with E-state index in [9.17, 15) is 5.11 Å². The van der Waals surface area contributed by atoms with E-state index in [0.29, 0.717) is 0 Å². The maximum Gasteiger partial charge on any atom is 0.0745 e. The molecule has 0 aromatic heterocycles. The van der Waals surface area contributed by atoms with Crippen molar-refractivity contribution in [2.45, 2.75) is 19.9 Å². The van der Waals surface area contributed by atoms with Gasteiger partial charge < -0.3 is 10.4 Å². The lowest BCUT2D eigenvalue weighted by molar-refractivity contribution is 0.276. The second kappa shape index (κ2) is 5.69. The van der Waals surface area contributed by atoms with Gasteiger partial charge in [0.2, 0.25) is 0 Å². The number of aliphatic hydroxyl groups is 1. The van der Waals surface area contributed by atoms with Crippen LogP contribution in [0.15, 0.2) is 48.5 Å². The third kappa shape index (κ3) is 3.11. The second-order valence-corrected chi connectivity index (χ2v) is 4.67. The lowest BCUT2D eigenvalue weighted by atomic mass is 10.0. The fourth-order valence-corrected chi connectivity index (χ4v) is 2.18. The second-order valence-electron chi connectivity index (χ2n) is 4.67. The lowest BCUT2D eigenvalue weighted by Gasteiger charge is -2.19. The number of aryl methyl sites for hydroxylation is 2. The van der Waals surface area contributed by atoms with Crippen molar-refractivity contribution < 1.29 is 5.11 Å². The molecule has 0 radical (unpaired) electrons. The summed E-state index contributed by atoms with van der Waals surface area (Å²) in [4.78, 5) is 0. The molecule has 0 heterocycles. The van der Waals surface area contributed by atoms with Crippen molar-refractivity contribution in [3.63, 3.8) is 0 Å². The standard InChI is InChI=1S/C16H19NO/c1-12-8-13(2)10-14(9-12)16(11-18)17-15-6-4-3-5-7-15/h3-10,16-18H,11H2,1-2H3. The third-order valence-electron chi connectivity index (χ3n) is 2.94. The maximum atomic E-state index is 9.56. The van der Waals surface area contributed by atoms with Crippen LogP contribution >= 0.6 is 0 Å². The third-order valence-corrected chi connectivity index (χ3v) is 2.94. The first kappa shape index (κ1) is 12.7. The van der Waals surface area contributed by atoms with Gasteiger partial charge in [0, 0.05) is 5.69 Å². The molecule has 1 atom stereocenters. The highest BCUT2D eigenvalue weighted by Crippen LogP contribution is 2.21. The minimum absolute atomic E-state index is 0.0639. The van der Waals surface area contributed by atoms with Gasteiger partial charge in [-0.05, 0) is 31.5 Å². The van der Waals surface area contributed by atoms with Crippen molar-refractivity contribution in [2.24, 2.45) is 0 Å². The number of rotatable bonds is 4. The molecule has 0 fully saturated rings. The summed E-state index contributed by atoms with van der Waals surface area (Å²) in [5.74, 6) is 0. The van der Waals surface area contributed by atoms with Crippen molar-refractivity contribution >= 4 is 5.69 Å². The summed E-state index contributed by atoms with van der Waals surface area (Å²) in [5, 5.41) is 12.9. The number of para-hydroxylation sites is 1. The van der Waals surface area contributed by atoms with E-state index in [1.807, 2.05) is 30.3 Å². The van der Waals surface area contributed by atoms with Crippen LogP contribution in [0.25, 0.3) is 0 Å². The van der Waals surface area contributed by atoms with Crippen LogP contribution in [-0.4, -0.2) is 11.7 Å². The molecule has 0 bridgehead atoms. The topological polar surface area (TPSA) is 32.3 Å². The minimum atomic E-state index is -0.0639. The molecule has 0 aliphatic heterocycles. The van der Waals surface area contributed by atoms with Crippen LogP contribution in [0.2, 0.25) is 0 Å². The van der Waals surface area contributed by atoms with Gasteiger partial charge in [0.25, 0.3) is 0 Å². The number of hydrogen-bond acceptors (Lipinski definition) is 2. The van der Waals surface area contributed by atoms with Gasteiger partial charge in [0.1, 0.15) is 0 Å². The summed E-state index contributed by atoms with van der Waals surface area (Å²) in [6.07, 6.45) is 0. The van der Waals surface area contributed by atoms with Crippen LogP contribution in [-0.2, 0) is 0 Å². The summed E-state index contributed by atoms with van der Waals surface area (Å²) in [7, 11) is 0. The van der Waals surface area contributed by atoms with Crippen molar-refractivity contribution in [3.8, 4) is 0 Å². The van der Waals surface area contributed by atoms with Crippen molar-refractivity contribution in [1.29, 1.82) is 0 Å². The lowest BCUT2D eigenvalue weighted by Crippen LogP contribution is -2.15. The van der Waals surface area contributed by atoms with Gasteiger partial charge >= 0.3 is 0 Å². The Bertz CT molecular complexity index is 488. The van der Waals surface area contributed by atoms with Gasteiger partial charge in [0.15, 0.2) is 0 Å². The first-order chi connectivity index (χ1) is 8.69. The number of hydrogen-bond donors (Lipinski definition) is 2. The average Bonchev–Trinajstić information content (AvgIpc) is 2.36. The van der Waals surface area contributed by atoms with Crippen molar-refractivity contribution in [3.05, 3.63) is 65.2 Å². The Hall–Kier alpha value is -1.80. The fourth-order valence-electron chi connectivity index (χ4n) is 2.18. The Morgan fingerprint density at radius 3 is 2.17 bits per heavy atom. The molecule has 94 valence electrons. The molecular formula is C16H19NO. The SMILES string of the molecule is Cc1cc(C)cc(C(CO)Nc2ccccc2)c1. The zero-order chi connectivity index (χ0) is 13.0. The van der Waals surface area contributed by atoms with E-state index in [4.69, 9.17) is 0 Å². The van der Waals surface area contributed by atoms with Crippen molar-refractivity contribution in [1.82, 2.24) is 0 Å². The maximum absolute atomic E-state index is 9.56. The Labute approximate surface area is 108 Å². The zero-order valence-corrected chi connectivity index (χ0v) is 10.9. The van der Waals surface area contributed by atoms with E-state index in [0.717, 1.165) is 11.3 Å². The molecule has 18 heavy (non-hydrogen) atoms. The summed E-state index contributed by atoms with van der Waals surface area (Å²) in [6, 6.07) is 16.3. The first-order valence-corrected chi connectivity index (χ1v) is 6.19. The summed E-state index contributed by atoms with van der Waals surface area (Å²) in [6.45, 7) is 4.23. The molecule has 2 nitrogen and oxygen atoms in total. The van der Waals surface area contributed by atoms with Crippen LogP contribution in [0.3, 0.4) is 0 Å². The predicted molar refractivity (Wildman–Crippen MR) is 75.8 cm³/mol. The fraction of sp³-hybridized carbons (Fsp3) is 0.250. The largest absolute Gasteiger partial charge is 0.394 e. The smallest absolute Gasteiger partial charge is 0.0745 e. The van der Waals surface area contributed by atoms with Gasteiger partial charge in [-0.3, -0.25) is 0 Å². The van der Waals surface area contributed by atoms with Gasteiger partial charge in [-0.1, -0.05) is 47.5 Å². The zero-order valence-electron chi connectivity index (χ0n) is 10.9. The van der Waals surface area contributed by atoms with Crippen LogP contribution in [0, 0.1) is 13.8 Å². The molecule has 2 aromatic carbocycles. The van der Waals surface area contributed by atoms with Gasteiger partial charge in [-0.25, -0.2) is 0 Å². The summed E-state index contributed by atoms with van der Waals surface area (Å²) < 4.78 is 0. The van der Waals surface area contributed by atoms with Crippen LogP contribution < -0.4 is 5.32 Å². The molecular weight excluding hydrogens is 222 g/mol. The molecule has 2 rings (SSSR count). The molecule has 0 aliphatic rings. The van der Waals surface area contributed by atoms with Gasteiger partial charge in [0.05, 0.1) is 12.6 Å².